The van der Waals surface area contributed by atoms with Gasteiger partial charge in [-0.1, -0.05) is 101 Å². The summed E-state index contributed by atoms with van der Waals surface area (Å²) in [7, 11) is 0. The zero-order valence-corrected chi connectivity index (χ0v) is 31.3. The first-order valence-electron chi connectivity index (χ1n) is 18.5. The number of nitrogens with zero attached hydrogens (tertiary/aromatic N) is 1. The van der Waals surface area contributed by atoms with Crippen LogP contribution in [0.25, 0.3) is 10.8 Å². The van der Waals surface area contributed by atoms with Gasteiger partial charge < -0.3 is 26.2 Å². The van der Waals surface area contributed by atoms with E-state index in [-0.39, 0.29) is 59.4 Å². The van der Waals surface area contributed by atoms with Gasteiger partial charge in [-0.15, -0.1) is 0 Å². The second-order valence-electron chi connectivity index (χ2n) is 14.8. The van der Waals surface area contributed by atoms with Gasteiger partial charge in [0.1, 0.15) is 6.10 Å². The second kappa shape index (κ2) is 17.9. The number of fused-ring (bicyclic) bond motifs is 3. The number of allylic oxidation sites excluding steroid dienone is 2. The van der Waals surface area contributed by atoms with Crippen LogP contribution in [-0.2, 0) is 19.1 Å². The van der Waals surface area contributed by atoms with E-state index in [1.807, 2.05) is 77.1 Å². The summed E-state index contributed by atoms with van der Waals surface area (Å²) in [4.78, 5) is 69.5. The predicted octanol–water partition coefficient (Wildman–Crippen LogP) is 6.10. The van der Waals surface area contributed by atoms with Crippen molar-refractivity contribution in [1.29, 1.82) is 0 Å². The standard InChI is InChI=1S/C42H55N3O7/c1-7-28-15-11-13-25(4)41(50)45(23-36(47)32-18-12-16-30-14-9-10-17-31(30)32)34-22-35(46)37(43)33(39(34)49)20-24(3)19-29(8-2)38(48)26(5)21-27(6)40(28)52-42(44)51/h9-18,21,24,26,28-29,33-34,37-38,40,48H,7-8,19-20,22-23,43H2,1-6H3,(H2,44,51)/t24-,26-,28-,29-,33?,34?,37?,38+,40-/m0/s1. The molecule has 52 heavy (non-hydrogen) atoms. The minimum absolute atomic E-state index is 0.103. The molecule has 1 saturated carbocycles. The van der Waals surface area contributed by atoms with Gasteiger partial charge >= 0.3 is 6.09 Å². The topological polar surface area (TPSA) is 170 Å². The van der Waals surface area contributed by atoms with E-state index < -0.39 is 48.8 Å². The van der Waals surface area contributed by atoms with Crippen molar-refractivity contribution in [1.82, 2.24) is 4.90 Å². The van der Waals surface area contributed by atoms with Crippen molar-refractivity contribution < 1.29 is 33.8 Å². The zero-order valence-electron chi connectivity index (χ0n) is 31.3. The highest BCUT2D eigenvalue weighted by molar-refractivity contribution is 6.11. The number of carbonyl (C=O) groups excluding carboxylic acids is 5. The molecule has 10 nitrogen and oxygen atoms in total. The average molecular weight is 714 g/mol. The molecule has 2 amide bonds. The quantitative estimate of drug-likeness (QED) is 0.238. The highest BCUT2D eigenvalue weighted by Gasteiger charge is 2.46. The number of amides is 2. The van der Waals surface area contributed by atoms with Crippen LogP contribution in [0.4, 0.5) is 4.79 Å². The lowest BCUT2D eigenvalue weighted by Crippen LogP contribution is -2.59. The molecule has 0 spiro atoms. The van der Waals surface area contributed by atoms with Crippen LogP contribution in [0.1, 0.15) is 84.0 Å². The number of benzene rings is 2. The molecule has 3 unspecified atom stereocenters. The third-order valence-electron chi connectivity index (χ3n) is 11.0. The number of primary amides is 1. The molecule has 2 bridgehead atoms. The summed E-state index contributed by atoms with van der Waals surface area (Å²) in [5.74, 6) is -3.30. The first kappa shape index (κ1) is 40.4. The molecule has 2 aliphatic rings. The van der Waals surface area contributed by atoms with Gasteiger partial charge in [0.15, 0.2) is 17.3 Å². The number of carbonyl (C=O) groups is 5. The van der Waals surface area contributed by atoms with Crippen molar-refractivity contribution in [2.24, 2.45) is 41.1 Å². The van der Waals surface area contributed by atoms with Gasteiger partial charge in [0.25, 0.3) is 5.91 Å². The lowest BCUT2D eigenvalue weighted by atomic mass is 9.73. The van der Waals surface area contributed by atoms with Crippen LogP contribution in [0.5, 0.6) is 0 Å². The van der Waals surface area contributed by atoms with Gasteiger partial charge in [-0.3, -0.25) is 19.2 Å². The molecule has 280 valence electrons. The van der Waals surface area contributed by atoms with Crippen molar-refractivity contribution >= 4 is 40.1 Å². The number of ketones is 3. The first-order chi connectivity index (χ1) is 24.7. The fraction of sp³-hybridized carbons (Fsp3) is 0.500. The number of hydrogen-bond acceptors (Lipinski definition) is 8. The van der Waals surface area contributed by atoms with Gasteiger partial charge in [0.2, 0.25) is 0 Å². The third-order valence-corrected chi connectivity index (χ3v) is 11.0. The number of aliphatic hydroxyl groups excluding tert-OH is 1. The van der Waals surface area contributed by atoms with E-state index in [9.17, 15) is 29.1 Å². The molecule has 2 aromatic rings. The van der Waals surface area contributed by atoms with Crippen LogP contribution in [0.3, 0.4) is 0 Å². The van der Waals surface area contributed by atoms with Gasteiger partial charge in [-0.25, -0.2) is 4.79 Å². The summed E-state index contributed by atoms with van der Waals surface area (Å²) >= 11 is 0. The molecule has 4 rings (SSSR count). The van der Waals surface area contributed by atoms with E-state index in [0.29, 0.717) is 24.8 Å². The molecule has 1 heterocycles. The maximum absolute atomic E-state index is 14.4. The fourth-order valence-corrected chi connectivity index (χ4v) is 8.00. The van der Waals surface area contributed by atoms with Crippen molar-refractivity contribution in [3.05, 3.63) is 83.5 Å². The fourth-order valence-electron chi connectivity index (χ4n) is 8.00. The van der Waals surface area contributed by atoms with Crippen LogP contribution in [0, 0.1) is 29.6 Å². The summed E-state index contributed by atoms with van der Waals surface area (Å²) in [6.07, 6.45) is 6.44. The Morgan fingerprint density at radius 2 is 1.67 bits per heavy atom. The zero-order chi connectivity index (χ0) is 38.3. The van der Waals surface area contributed by atoms with Crippen LogP contribution in [0.15, 0.2) is 77.9 Å². The second-order valence-corrected chi connectivity index (χ2v) is 14.8. The Kier molecular flexibility index (Phi) is 13.9. The van der Waals surface area contributed by atoms with E-state index in [4.69, 9.17) is 16.2 Å². The Morgan fingerprint density at radius 1 is 0.981 bits per heavy atom. The number of aliphatic hydroxyl groups is 1. The van der Waals surface area contributed by atoms with Crippen LogP contribution < -0.4 is 11.5 Å². The van der Waals surface area contributed by atoms with E-state index >= 15 is 0 Å². The Balaban J connectivity index is 1.83. The van der Waals surface area contributed by atoms with Crippen LogP contribution in [-0.4, -0.2) is 70.2 Å². The summed E-state index contributed by atoms with van der Waals surface area (Å²) in [5, 5.41) is 13.1. The lowest BCUT2D eigenvalue weighted by Gasteiger charge is -2.39. The predicted molar refractivity (Wildman–Crippen MR) is 202 cm³/mol. The normalized spacial score (nSPS) is 29.8. The maximum Gasteiger partial charge on any atom is 0.405 e. The molecule has 1 aliphatic heterocycles. The molecule has 2 aromatic carbocycles. The number of nitrogens with two attached hydrogens (primary N) is 2. The summed E-state index contributed by atoms with van der Waals surface area (Å²) in [5.41, 5.74) is 13.3. The van der Waals surface area contributed by atoms with Crippen molar-refractivity contribution in [3.8, 4) is 0 Å². The van der Waals surface area contributed by atoms with Crippen LogP contribution in [0.2, 0.25) is 0 Å². The maximum atomic E-state index is 14.4. The lowest BCUT2D eigenvalue weighted by molar-refractivity contribution is -0.145. The molecular formula is C42H55N3O7. The highest BCUT2D eigenvalue weighted by Crippen LogP contribution is 2.34. The van der Waals surface area contributed by atoms with Gasteiger partial charge in [0.05, 0.1) is 24.7 Å². The Morgan fingerprint density at radius 3 is 2.35 bits per heavy atom. The molecule has 0 saturated heterocycles. The van der Waals surface area contributed by atoms with Gasteiger partial charge in [-0.2, -0.15) is 0 Å². The minimum Gasteiger partial charge on any atom is -0.441 e. The molecule has 10 heteroatoms. The van der Waals surface area contributed by atoms with E-state index in [1.54, 1.807) is 31.2 Å². The van der Waals surface area contributed by atoms with Crippen molar-refractivity contribution in [3.63, 3.8) is 0 Å². The number of ether oxygens (including phenoxy) is 1. The molecule has 0 aromatic heterocycles. The number of Topliss-reactive ketones (excluding diaryl/α,β-unsaturated/α-hetero) is 3. The van der Waals surface area contributed by atoms with E-state index in [0.717, 1.165) is 16.3 Å². The van der Waals surface area contributed by atoms with Crippen molar-refractivity contribution in [2.45, 2.75) is 97.9 Å². The largest absolute Gasteiger partial charge is 0.441 e. The summed E-state index contributed by atoms with van der Waals surface area (Å²) < 4.78 is 5.60. The number of rotatable bonds is 6. The Labute approximate surface area is 307 Å². The smallest absolute Gasteiger partial charge is 0.405 e. The van der Waals surface area contributed by atoms with Gasteiger partial charge in [0, 0.05) is 35.3 Å². The molecule has 9 atom stereocenters. The van der Waals surface area contributed by atoms with E-state index in [2.05, 4.69) is 0 Å². The van der Waals surface area contributed by atoms with Crippen molar-refractivity contribution in [2.75, 3.05) is 6.54 Å². The number of hydrogen-bond donors (Lipinski definition) is 3. The highest BCUT2D eigenvalue weighted by atomic mass is 16.6. The minimum atomic E-state index is -1.18. The summed E-state index contributed by atoms with van der Waals surface area (Å²) in [6, 6.07) is 10.6. The average Bonchev–Trinajstić information content (AvgIpc) is 3.12. The third kappa shape index (κ3) is 9.33. The van der Waals surface area contributed by atoms with Gasteiger partial charge in [-0.05, 0) is 61.3 Å². The molecule has 5 N–H and O–H groups in total. The monoisotopic (exact) mass is 713 g/mol. The Hall–Kier alpha value is -4.41. The first-order valence-corrected chi connectivity index (χ1v) is 18.5. The Bertz CT molecular complexity index is 1740. The van der Waals surface area contributed by atoms with Crippen LogP contribution >= 0.6 is 0 Å². The van der Waals surface area contributed by atoms with E-state index in [1.165, 1.54) is 4.90 Å². The SMILES string of the molecule is CC[C@H]1C[C@H](C)CC2C(=O)C(CC(=O)C2N)N(CC(=O)c2cccc3ccccc23)C(=O)C(C)=CC=C[C@H](CC)[C@@H](OC(N)=O)C(C)=C[C@H](C)[C@H]1O. The summed E-state index contributed by atoms with van der Waals surface area (Å²) in [6.45, 7) is 10.9. The molecule has 0 radical (unpaired) electrons. The molecular weight excluding hydrogens is 658 g/mol. The molecule has 1 fully saturated rings. The molecule has 1 aliphatic carbocycles.